The Bertz CT molecular complexity index is 927. The average molecular weight is 459 g/mol. The van der Waals surface area contributed by atoms with Crippen molar-refractivity contribution in [1.29, 1.82) is 0 Å². The highest BCUT2D eigenvalue weighted by atomic mass is 79.9. The van der Waals surface area contributed by atoms with Crippen LogP contribution in [0.2, 0.25) is 0 Å². The first kappa shape index (κ1) is 21.0. The summed E-state index contributed by atoms with van der Waals surface area (Å²) in [7, 11) is 0. The summed E-state index contributed by atoms with van der Waals surface area (Å²) in [5.74, 6) is -1.65. The molecule has 1 N–H and O–H groups in total. The second-order valence-corrected chi connectivity index (χ2v) is 7.90. The van der Waals surface area contributed by atoms with Crippen LogP contribution >= 0.6 is 15.9 Å². The molecule has 0 bridgehead atoms. The summed E-state index contributed by atoms with van der Waals surface area (Å²) >= 11 is 3.40. The maximum atomic E-state index is 12.3. The normalized spacial score (nSPS) is 16.0. The topological polar surface area (TPSA) is 75.7 Å². The van der Waals surface area contributed by atoms with Gasteiger partial charge in [0.2, 0.25) is 5.91 Å². The smallest absolute Gasteiger partial charge is 0.311 e. The first-order valence-electron chi connectivity index (χ1n) is 9.49. The Kier molecular flexibility index (Phi) is 6.69. The molecular weight excluding hydrogens is 436 g/mol. The third-order valence-corrected chi connectivity index (χ3v) is 5.79. The quantitative estimate of drug-likeness (QED) is 0.666. The summed E-state index contributed by atoms with van der Waals surface area (Å²) in [5.41, 5.74) is 3.56. The molecule has 7 heteroatoms. The van der Waals surface area contributed by atoms with Crippen molar-refractivity contribution in [3.63, 3.8) is 0 Å². The number of anilines is 2. The molecule has 1 atom stereocenters. The standard InChI is InChI=1S/C22H23BrN2O4/c1-3-15-4-7-18(8-5-15)25-12-16(11-21(25)27)22(28)29-13-20(26)24-17-6-9-19(23)14(2)10-17/h4-10,16H,3,11-13H2,1-2H3,(H,24,26)/t16-/m1/s1. The van der Waals surface area contributed by atoms with E-state index in [0.717, 1.165) is 22.1 Å². The van der Waals surface area contributed by atoms with Crippen molar-refractivity contribution < 1.29 is 19.1 Å². The number of hydrogen-bond donors (Lipinski definition) is 1. The Morgan fingerprint density at radius 2 is 1.93 bits per heavy atom. The summed E-state index contributed by atoms with van der Waals surface area (Å²) in [6, 6.07) is 13.1. The third kappa shape index (κ3) is 5.23. The van der Waals surface area contributed by atoms with Crippen molar-refractivity contribution in [3.05, 3.63) is 58.1 Å². The molecule has 29 heavy (non-hydrogen) atoms. The minimum absolute atomic E-state index is 0.0852. The Hall–Kier alpha value is -2.67. The first-order valence-corrected chi connectivity index (χ1v) is 10.3. The predicted octanol–water partition coefficient (Wildman–Crippen LogP) is 3.85. The zero-order chi connectivity index (χ0) is 21.0. The van der Waals surface area contributed by atoms with Gasteiger partial charge in [0.15, 0.2) is 6.61 Å². The highest BCUT2D eigenvalue weighted by Gasteiger charge is 2.36. The fraction of sp³-hybridized carbons (Fsp3) is 0.318. The Balaban J connectivity index is 1.52. The Labute approximate surface area is 178 Å². The molecule has 0 spiro atoms. The van der Waals surface area contributed by atoms with Crippen molar-refractivity contribution in [3.8, 4) is 0 Å². The maximum absolute atomic E-state index is 12.3. The van der Waals surface area contributed by atoms with Crippen LogP contribution in [0.1, 0.15) is 24.5 Å². The SMILES string of the molecule is CCc1ccc(N2C[C@H](C(=O)OCC(=O)Nc3ccc(Br)c(C)c3)CC2=O)cc1. The summed E-state index contributed by atoms with van der Waals surface area (Å²) in [4.78, 5) is 38.3. The lowest BCUT2D eigenvalue weighted by Crippen LogP contribution is -2.28. The molecule has 2 aromatic rings. The van der Waals surface area contributed by atoms with Crippen molar-refractivity contribution in [1.82, 2.24) is 0 Å². The van der Waals surface area contributed by atoms with Gasteiger partial charge in [-0.25, -0.2) is 0 Å². The second kappa shape index (κ2) is 9.22. The number of halogens is 1. The number of carbonyl (C=O) groups excluding carboxylic acids is 3. The van der Waals surface area contributed by atoms with Crippen molar-refractivity contribution in [2.75, 3.05) is 23.4 Å². The van der Waals surface area contributed by atoms with Gasteiger partial charge in [0.25, 0.3) is 5.91 Å². The lowest BCUT2D eigenvalue weighted by atomic mass is 10.1. The van der Waals surface area contributed by atoms with Crippen molar-refractivity contribution >= 4 is 45.1 Å². The van der Waals surface area contributed by atoms with E-state index >= 15 is 0 Å². The van der Waals surface area contributed by atoms with Crippen molar-refractivity contribution in [2.24, 2.45) is 5.92 Å². The molecule has 1 aliphatic rings. The summed E-state index contributed by atoms with van der Waals surface area (Å²) in [6.07, 6.45) is 1.01. The van der Waals surface area contributed by atoms with Gasteiger partial charge in [-0.3, -0.25) is 14.4 Å². The fourth-order valence-electron chi connectivity index (χ4n) is 3.20. The minimum atomic E-state index is -0.573. The molecule has 1 saturated heterocycles. The minimum Gasteiger partial charge on any atom is -0.455 e. The number of carbonyl (C=O) groups is 3. The number of hydrogen-bond acceptors (Lipinski definition) is 4. The number of rotatable bonds is 6. The molecule has 0 saturated carbocycles. The Morgan fingerprint density at radius 3 is 2.59 bits per heavy atom. The molecule has 6 nitrogen and oxygen atoms in total. The van der Waals surface area contributed by atoms with E-state index in [1.165, 1.54) is 5.56 Å². The number of aryl methyl sites for hydroxylation is 2. The van der Waals surface area contributed by atoms with Gasteiger partial charge in [0.05, 0.1) is 5.92 Å². The molecule has 1 heterocycles. The van der Waals surface area contributed by atoms with Crippen LogP contribution in [0.15, 0.2) is 46.9 Å². The third-order valence-electron chi connectivity index (χ3n) is 4.90. The first-order chi connectivity index (χ1) is 13.9. The molecule has 0 aliphatic carbocycles. The molecular formula is C22H23BrN2O4. The van der Waals surface area contributed by atoms with Gasteiger partial charge in [-0.2, -0.15) is 0 Å². The molecule has 1 aliphatic heterocycles. The van der Waals surface area contributed by atoms with Crippen LogP contribution in [0, 0.1) is 12.8 Å². The van der Waals surface area contributed by atoms with Gasteiger partial charge < -0.3 is 15.0 Å². The molecule has 152 valence electrons. The summed E-state index contributed by atoms with van der Waals surface area (Å²) in [5, 5.41) is 2.70. The van der Waals surface area contributed by atoms with Crippen LogP contribution in [0.5, 0.6) is 0 Å². The number of amides is 2. The van der Waals surface area contributed by atoms with E-state index in [1.54, 1.807) is 11.0 Å². The van der Waals surface area contributed by atoms with E-state index in [9.17, 15) is 14.4 Å². The molecule has 2 amide bonds. The average Bonchev–Trinajstić information content (AvgIpc) is 3.11. The van der Waals surface area contributed by atoms with E-state index < -0.39 is 17.8 Å². The fourth-order valence-corrected chi connectivity index (χ4v) is 3.45. The summed E-state index contributed by atoms with van der Waals surface area (Å²) in [6.45, 7) is 3.86. The zero-order valence-corrected chi connectivity index (χ0v) is 18.0. The molecule has 2 aromatic carbocycles. The Morgan fingerprint density at radius 1 is 1.21 bits per heavy atom. The van der Waals surface area contributed by atoms with Gasteiger partial charge in [-0.15, -0.1) is 0 Å². The number of esters is 1. The molecule has 0 radical (unpaired) electrons. The molecule has 1 fully saturated rings. The summed E-state index contributed by atoms with van der Waals surface area (Å²) < 4.78 is 6.09. The number of benzene rings is 2. The lowest BCUT2D eigenvalue weighted by molar-refractivity contribution is -0.151. The van der Waals surface area contributed by atoms with E-state index in [0.29, 0.717) is 5.69 Å². The van der Waals surface area contributed by atoms with Gasteiger partial charge in [-0.1, -0.05) is 35.0 Å². The van der Waals surface area contributed by atoms with Crippen molar-refractivity contribution in [2.45, 2.75) is 26.7 Å². The molecule has 0 aromatic heterocycles. The van der Waals surface area contributed by atoms with Crippen LogP contribution in [-0.4, -0.2) is 30.9 Å². The maximum Gasteiger partial charge on any atom is 0.311 e. The molecule has 3 rings (SSSR count). The van der Waals surface area contributed by atoms with Gasteiger partial charge in [-0.05, 0) is 54.8 Å². The predicted molar refractivity (Wildman–Crippen MR) is 115 cm³/mol. The molecule has 0 unspecified atom stereocenters. The number of nitrogens with one attached hydrogen (secondary N) is 1. The van der Waals surface area contributed by atoms with Gasteiger partial charge >= 0.3 is 5.97 Å². The van der Waals surface area contributed by atoms with Crippen LogP contribution < -0.4 is 10.2 Å². The van der Waals surface area contributed by atoms with Crippen LogP contribution in [0.25, 0.3) is 0 Å². The van der Waals surface area contributed by atoms with Crippen LogP contribution in [0.4, 0.5) is 11.4 Å². The second-order valence-electron chi connectivity index (χ2n) is 7.05. The monoisotopic (exact) mass is 458 g/mol. The van der Waals surface area contributed by atoms with E-state index in [-0.39, 0.29) is 25.5 Å². The van der Waals surface area contributed by atoms with Crippen LogP contribution in [-0.2, 0) is 25.5 Å². The zero-order valence-electron chi connectivity index (χ0n) is 16.4. The van der Waals surface area contributed by atoms with E-state index in [1.807, 2.05) is 43.3 Å². The highest BCUT2D eigenvalue weighted by Crippen LogP contribution is 2.26. The highest BCUT2D eigenvalue weighted by molar-refractivity contribution is 9.10. The number of ether oxygens (including phenoxy) is 1. The van der Waals surface area contributed by atoms with Gasteiger partial charge in [0, 0.05) is 28.8 Å². The van der Waals surface area contributed by atoms with Crippen LogP contribution in [0.3, 0.4) is 0 Å². The van der Waals surface area contributed by atoms with E-state index in [2.05, 4.69) is 28.2 Å². The lowest BCUT2D eigenvalue weighted by Gasteiger charge is -2.17. The van der Waals surface area contributed by atoms with E-state index in [4.69, 9.17) is 4.74 Å². The largest absolute Gasteiger partial charge is 0.455 e. The van der Waals surface area contributed by atoms with Gasteiger partial charge in [0.1, 0.15) is 0 Å². The number of nitrogens with zero attached hydrogens (tertiary/aromatic N) is 1.